The number of rotatable bonds is 4. The van der Waals surface area contributed by atoms with Crippen LogP contribution in [0.1, 0.15) is 74.7 Å². The van der Waals surface area contributed by atoms with Gasteiger partial charge in [-0.05, 0) is 23.8 Å². The van der Waals surface area contributed by atoms with Gasteiger partial charge in [-0.15, -0.1) is 0 Å². The summed E-state index contributed by atoms with van der Waals surface area (Å²) in [5.74, 6) is -0.0906. The highest BCUT2D eigenvalue weighted by atomic mass is 16.3. The molecule has 0 aromatic heterocycles. The molecule has 0 radical (unpaired) electrons. The van der Waals surface area contributed by atoms with Crippen molar-refractivity contribution in [2.45, 2.75) is 47.6 Å². The van der Waals surface area contributed by atoms with E-state index in [2.05, 4.69) is 0 Å². The van der Waals surface area contributed by atoms with E-state index in [1.54, 1.807) is 30.3 Å². The highest BCUT2D eigenvalue weighted by Crippen LogP contribution is 2.28. The van der Waals surface area contributed by atoms with Gasteiger partial charge in [0.2, 0.25) is 0 Å². The number of nitrogen functional groups attached to an aromatic ring is 1. The number of carbonyl (C=O) groups is 1. The smallest absolute Gasteiger partial charge is 0.193 e. The Morgan fingerprint density at radius 2 is 1.21 bits per heavy atom. The first-order valence-electron chi connectivity index (χ1n) is 10.4. The molecule has 0 spiro atoms. The molecule has 3 aromatic carbocycles. The Bertz CT molecular complexity index is 815. The molecule has 0 aliphatic carbocycles. The van der Waals surface area contributed by atoms with Crippen LogP contribution in [0.3, 0.4) is 0 Å². The fourth-order valence-corrected chi connectivity index (χ4v) is 2.52. The number of aliphatic hydroxyl groups excluding tert-OH is 1. The van der Waals surface area contributed by atoms with E-state index in [1.165, 1.54) is 0 Å². The van der Waals surface area contributed by atoms with Crippen molar-refractivity contribution in [3.63, 3.8) is 0 Å². The molecule has 0 fully saturated rings. The standard InChI is InChI=1S/C20H17NO2.3C2H6/c21-18-12-11-16(19(22)14-7-3-1-4-8-14)13-17(18)20(23)15-9-5-2-6-10-15;3*1-2/h1-13,20,23H,21H2;3*1-2H3. The third-order valence-electron chi connectivity index (χ3n) is 3.79. The molecule has 3 aromatic rings. The van der Waals surface area contributed by atoms with Crippen molar-refractivity contribution in [1.82, 2.24) is 0 Å². The van der Waals surface area contributed by atoms with Gasteiger partial charge in [0.25, 0.3) is 0 Å². The number of hydrogen-bond donors (Lipinski definition) is 2. The molecule has 0 amide bonds. The molecular weight excluding hydrogens is 358 g/mol. The lowest BCUT2D eigenvalue weighted by Crippen LogP contribution is -2.07. The van der Waals surface area contributed by atoms with Crippen LogP contribution in [-0.2, 0) is 0 Å². The van der Waals surface area contributed by atoms with Crippen molar-refractivity contribution in [2.75, 3.05) is 5.73 Å². The molecule has 3 rings (SSSR count). The largest absolute Gasteiger partial charge is 0.398 e. The van der Waals surface area contributed by atoms with Crippen molar-refractivity contribution in [2.24, 2.45) is 0 Å². The number of nitrogens with two attached hydrogens (primary N) is 1. The van der Waals surface area contributed by atoms with Crippen molar-refractivity contribution < 1.29 is 9.90 Å². The Balaban J connectivity index is 0.00000120. The Hall–Kier alpha value is -2.91. The third-order valence-corrected chi connectivity index (χ3v) is 3.79. The van der Waals surface area contributed by atoms with Gasteiger partial charge < -0.3 is 10.8 Å². The molecule has 0 heterocycles. The number of anilines is 1. The van der Waals surface area contributed by atoms with E-state index in [4.69, 9.17) is 5.73 Å². The summed E-state index contributed by atoms with van der Waals surface area (Å²) in [6, 6.07) is 23.3. The maximum atomic E-state index is 12.5. The number of hydrogen-bond acceptors (Lipinski definition) is 3. The summed E-state index contributed by atoms with van der Waals surface area (Å²) >= 11 is 0. The summed E-state index contributed by atoms with van der Waals surface area (Å²) < 4.78 is 0. The Morgan fingerprint density at radius 3 is 1.72 bits per heavy atom. The van der Waals surface area contributed by atoms with Crippen LogP contribution in [0.25, 0.3) is 0 Å². The van der Waals surface area contributed by atoms with Crippen LogP contribution in [0.4, 0.5) is 5.69 Å². The van der Waals surface area contributed by atoms with E-state index in [0.29, 0.717) is 22.4 Å². The number of aliphatic hydroxyl groups is 1. The van der Waals surface area contributed by atoms with Crippen LogP contribution < -0.4 is 5.73 Å². The predicted octanol–water partition coefficient (Wildman–Crippen LogP) is 6.66. The van der Waals surface area contributed by atoms with Gasteiger partial charge in [0.1, 0.15) is 6.10 Å². The van der Waals surface area contributed by atoms with Crippen molar-refractivity contribution >= 4 is 11.5 Å². The Labute approximate surface area is 176 Å². The molecule has 0 bridgehead atoms. The lowest BCUT2D eigenvalue weighted by atomic mass is 9.95. The fourth-order valence-electron chi connectivity index (χ4n) is 2.52. The van der Waals surface area contributed by atoms with E-state index < -0.39 is 6.10 Å². The van der Waals surface area contributed by atoms with E-state index >= 15 is 0 Å². The molecule has 29 heavy (non-hydrogen) atoms. The van der Waals surface area contributed by atoms with Crippen LogP contribution in [0.5, 0.6) is 0 Å². The van der Waals surface area contributed by atoms with E-state index in [0.717, 1.165) is 5.56 Å². The second-order valence-electron chi connectivity index (χ2n) is 5.35. The van der Waals surface area contributed by atoms with Crippen molar-refractivity contribution in [3.8, 4) is 0 Å². The average Bonchev–Trinajstić information content (AvgIpc) is 2.83. The van der Waals surface area contributed by atoms with Crippen LogP contribution in [0, 0.1) is 0 Å². The van der Waals surface area contributed by atoms with E-state index in [9.17, 15) is 9.90 Å². The van der Waals surface area contributed by atoms with Gasteiger partial charge in [0, 0.05) is 22.4 Å². The minimum atomic E-state index is -0.861. The summed E-state index contributed by atoms with van der Waals surface area (Å²) in [5.41, 5.74) is 8.86. The minimum absolute atomic E-state index is 0.0906. The lowest BCUT2D eigenvalue weighted by Gasteiger charge is -2.15. The zero-order valence-electron chi connectivity index (χ0n) is 18.5. The maximum Gasteiger partial charge on any atom is 0.193 e. The lowest BCUT2D eigenvalue weighted by molar-refractivity contribution is 0.103. The predicted molar refractivity (Wildman–Crippen MR) is 125 cm³/mol. The highest BCUT2D eigenvalue weighted by Gasteiger charge is 2.16. The van der Waals surface area contributed by atoms with Gasteiger partial charge >= 0.3 is 0 Å². The summed E-state index contributed by atoms with van der Waals surface area (Å²) in [6.45, 7) is 12.0. The van der Waals surface area contributed by atoms with Gasteiger partial charge in [-0.1, -0.05) is 102 Å². The summed E-state index contributed by atoms with van der Waals surface area (Å²) in [6.07, 6.45) is -0.861. The zero-order chi connectivity index (χ0) is 22.2. The fraction of sp³-hybridized carbons (Fsp3) is 0.269. The molecule has 0 aliphatic heterocycles. The Kier molecular flexibility index (Phi) is 13.6. The molecule has 3 nitrogen and oxygen atoms in total. The van der Waals surface area contributed by atoms with Gasteiger partial charge in [-0.2, -0.15) is 0 Å². The summed E-state index contributed by atoms with van der Waals surface area (Å²) in [4.78, 5) is 12.5. The zero-order valence-corrected chi connectivity index (χ0v) is 18.5. The molecule has 0 aliphatic rings. The molecular formula is C26H35NO2. The topological polar surface area (TPSA) is 63.3 Å². The van der Waals surface area contributed by atoms with Crippen molar-refractivity contribution in [3.05, 3.63) is 101 Å². The van der Waals surface area contributed by atoms with E-state index in [1.807, 2.05) is 90.1 Å². The first-order chi connectivity index (χ1) is 14.2. The quantitative estimate of drug-likeness (QED) is 0.385. The number of carbonyl (C=O) groups excluding carboxylic acids is 1. The third kappa shape index (κ3) is 7.55. The molecule has 1 atom stereocenters. The first kappa shape index (κ1) is 26.1. The van der Waals surface area contributed by atoms with Gasteiger partial charge in [-0.25, -0.2) is 0 Å². The van der Waals surface area contributed by atoms with Crippen molar-refractivity contribution in [1.29, 1.82) is 0 Å². The normalized spacial score (nSPS) is 10.0. The van der Waals surface area contributed by atoms with Crippen LogP contribution in [-0.4, -0.2) is 10.9 Å². The van der Waals surface area contributed by atoms with E-state index in [-0.39, 0.29) is 5.78 Å². The molecule has 1 unspecified atom stereocenters. The van der Waals surface area contributed by atoms with Gasteiger partial charge in [0.05, 0.1) is 0 Å². The average molecular weight is 394 g/mol. The summed E-state index contributed by atoms with van der Waals surface area (Å²) in [5, 5.41) is 10.6. The second-order valence-corrected chi connectivity index (χ2v) is 5.35. The number of ketones is 1. The SMILES string of the molecule is CC.CC.CC.Nc1ccc(C(=O)c2ccccc2)cc1C(O)c1ccccc1. The maximum absolute atomic E-state index is 12.5. The molecule has 156 valence electrons. The van der Waals surface area contributed by atoms with Crippen LogP contribution >= 0.6 is 0 Å². The first-order valence-corrected chi connectivity index (χ1v) is 10.4. The summed E-state index contributed by atoms with van der Waals surface area (Å²) in [7, 11) is 0. The monoisotopic (exact) mass is 393 g/mol. The van der Waals surface area contributed by atoms with Gasteiger partial charge in [-0.3, -0.25) is 4.79 Å². The minimum Gasteiger partial charge on any atom is -0.398 e. The molecule has 0 saturated carbocycles. The second kappa shape index (κ2) is 15.1. The molecule has 3 heteroatoms. The molecule has 3 N–H and O–H groups in total. The Morgan fingerprint density at radius 1 is 0.724 bits per heavy atom. The number of benzene rings is 3. The molecule has 0 saturated heterocycles. The van der Waals surface area contributed by atoms with Crippen LogP contribution in [0.15, 0.2) is 78.9 Å². The highest BCUT2D eigenvalue weighted by molar-refractivity contribution is 6.09. The van der Waals surface area contributed by atoms with Crippen LogP contribution in [0.2, 0.25) is 0 Å². The van der Waals surface area contributed by atoms with Gasteiger partial charge in [0.15, 0.2) is 5.78 Å².